The van der Waals surface area contributed by atoms with E-state index >= 15 is 0 Å². The number of carbonyl (C=O) groups excluding carboxylic acids is 2. The molecule has 2 aliphatic heterocycles. The molecule has 3 rings (SSSR count). The molecule has 1 aromatic heterocycles. The predicted molar refractivity (Wildman–Crippen MR) is 109 cm³/mol. The Morgan fingerprint density at radius 1 is 1.44 bits per heavy atom. The lowest BCUT2D eigenvalue weighted by atomic mass is 9.79. The Hall–Kier alpha value is -1.36. The first kappa shape index (κ1) is 20.0. The third kappa shape index (κ3) is 4.25. The van der Waals surface area contributed by atoms with Crippen LogP contribution in [0.5, 0.6) is 0 Å². The van der Waals surface area contributed by atoms with Crippen LogP contribution in [0.4, 0.5) is 4.79 Å². The second-order valence-electron chi connectivity index (χ2n) is 6.40. The number of aliphatic imine (C=N–C) groups is 1. The van der Waals surface area contributed by atoms with Crippen LogP contribution in [0.15, 0.2) is 21.8 Å². The molecule has 3 amide bonds. The number of nitrogens with one attached hydrogen (secondary N) is 3. The summed E-state index contributed by atoms with van der Waals surface area (Å²) in [5.74, 6) is 0.797. The molecular weight excluding hydrogens is 453 g/mol. The number of amides is 3. The molecule has 25 heavy (non-hydrogen) atoms. The van der Waals surface area contributed by atoms with Gasteiger partial charge in [0.05, 0.1) is 0 Å². The minimum Gasteiger partial charge on any atom is -0.352 e. The average Bonchev–Trinajstić information content (AvgIpc) is 3.17. The number of imide groups is 1. The van der Waals surface area contributed by atoms with E-state index in [-0.39, 0.29) is 35.8 Å². The van der Waals surface area contributed by atoms with Crippen LogP contribution in [0.2, 0.25) is 0 Å². The number of guanidine groups is 1. The van der Waals surface area contributed by atoms with E-state index in [2.05, 4.69) is 42.7 Å². The molecule has 9 heteroatoms. The number of thiophene rings is 1. The SMILES string of the molecule is CN=C(NCc1ccsc1)N1CCC(C2(C)NC(=O)NC2=O)CC1.I. The molecule has 0 aromatic carbocycles. The van der Waals surface area contributed by atoms with Crippen molar-refractivity contribution in [2.45, 2.75) is 31.8 Å². The number of urea groups is 1. The van der Waals surface area contributed by atoms with Gasteiger partial charge in [-0.1, -0.05) is 0 Å². The van der Waals surface area contributed by atoms with E-state index < -0.39 is 11.6 Å². The topological polar surface area (TPSA) is 85.8 Å². The number of carbonyl (C=O) groups is 2. The molecule has 7 nitrogen and oxygen atoms in total. The summed E-state index contributed by atoms with van der Waals surface area (Å²) in [6, 6.07) is 1.71. The van der Waals surface area contributed by atoms with Crippen LogP contribution in [-0.4, -0.2) is 48.5 Å². The lowest BCUT2D eigenvalue weighted by Crippen LogP contribution is -2.55. The third-order valence-corrected chi connectivity index (χ3v) is 5.66. The number of halogens is 1. The summed E-state index contributed by atoms with van der Waals surface area (Å²) in [6.45, 7) is 4.20. The molecule has 0 saturated carbocycles. The number of hydrogen-bond acceptors (Lipinski definition) is 4. The first-order valence-corrected chi connectivity index (χ1v) is 9.07. The summed E-state index contributed by atoms with van der Waals surface area (Å²) in [4.78, 5) is 30.1. The van der Waals surface area contributed by atoms with Gasteiger partial charge in [0.25, 0.3) is 5.91 Å². The van der Waals surface area contributed by atoms with Crippen molar-refractivity contribution in [2.75, 3.05) is 20.1 Å². The zero-order chi connectivity index (χ0) is 17.2. The number of hydrogen-bond donors (Lipinski definition) is 3. The highest BCUT2D eigenvalue weighted by Crippen LogP contribution is 2.30. The predicted octanol–water partition coefficient (Wildman–Crippen LogP) is 1.75. The monoisotopic (exact) mass is 477 g/mol. The maximum absolute atomic E-state index is 12.1. The van der Waals surface area contributed by atoms with Crippen LogP contribution in [0.1, 0.15) is 25.3 Å². The Bertz CT molecular complexity index is 643. The molecule has 3 heterocycles. The molecule has 0 bridgehead atoms. The number of piperidine rings is 1. The molecule has 2 aliphatic rings. The maximum Gasteiger partial charge on any atom is 0.322 e. The van der Waals surface area contributed by atoms with Crippen LogP contribution in [0.3, 0.4) is 0 Å². The Balaban J connectivity index is 0.00000225. The third-order valence-electron chi connectivity index (χ3n) is 4.93. The second-order valence-corrected chi connectivity index (χ2v) is 7.18. The molecule has 1 aromatic rings. The Morgan fingerprint density at radius 2 is 2.16 bits per heavy atom. The minimum atomic E-state index is -0.795. The van der Waals surface area contributed by atoms with Gasteiger partial charge < -0.3 is 15.5 Å². The smallest absolute Gasteiger partial charge is 0.322 e. The summed E-state index contributed by atoms with van der Waals surface area (Å²) in [5.41, 5.74) is 0.449. The van der Waals surface area contributed by atoms with Crippen molar-refractivity contribution in [3.63, 3.8) is 0 Å². The van der Waals surface area contributed by atoms with E-state index in [0.29, 0.717) is 0 Å². The van der Waals surface area contributed by atoms with Crippen molar-refractivity contribution in [1.82, 2.24) is 20.9 Å². The lowest BCUT2D eigenvalue weighted by Gasteiger charge is -2.39. The van der Waals surface area contributed by atoms with E-state index in [0.717, 1.165) is 38.4 Å². The first-order valence-electron chi connectivity index (χ1n) is 8.13. The van der Waals surface area contributed by atoms with Crippen LogP contribution >= 0.6 is 35.3 Å². The average molecular weight is 477 g/mol. The molecule has 2 fully saturated rings. The van der Waals surface area contributed by atoms with Crippen molar-refractivity contribution in [3.8, 4) is 0 Å². The van der Waals surface area contributed by atoms with Crippen molar-refractivity contribution < 1.29 is 9.59 Å². The first-order chi connectivity index (χ1) is 11.5. The molecular formula is C16H24IN5O2S. The fourth-order valence-corrected chi connectivity index (χ4v) is 4.09. The van der Waals surface area contributed by atoms with Gasteiger partial charge in [-0.3, -0.25) is 15.1 Å². The van der Waals surface area contributed by atoms with Crippen LogP contribution in [0, 0.1) is 5.92 Å². The molecule has 0 aliphatic carbocycles. The number of likely N-dealkylation sites (tertiary alicyclic amines) is 1. The zero-order valence-corrected chi connectivity index (χ0v) is 17.5. The van der Waals surface area contributed by atoms with Crippen molar-refractivity contribution in [2.24, 2.45) is 10.9 Å². The quantitative estimate of drug-likeness (QED) is 0.268. The van der Waals surface area contributed by atoms with Crippen LogP contribution in [-0.2, 0) is 11.3 Å². The fraction of sp³-hybridized carbons (Fsp3) is 0.562. The van der Waals surface area contributed by atoms with E-state index in [1.165, 1.54) is 5.56 Å². The summed E-state index contributed by atoms with van der Waals surface area (Å²) in [7, 11) is 1.79. The van der Waals surface area contributed by atoms with E-state index in [1.807, 2.05) is 6.92 Å². The van der Waals surface area contributed by atoms with Gasteiger partial charge in [0, 0.05) is 26.7 Å². The van der Waals surface area contributed by atoms with Gasteiger partial charge in [-0.2, -0.15) is 11.3 Å². The Kier molecular flexibility index (Phi) is 6.66. The van der Waals surface area contributed by atoms with Crippen LogP contribution in [0.25, 0.3) is 0 Å². The van der Waals surface area contributed by atoms with E-state index in [9.17, 15) is 9.59 Å². The molecule has 1 atom stereocenters. The molecule has 0 spiro atoms. The summed E-state index contributed by atoms with van der Waals surface area (Å²) in [6.07, 6.45) is 1.67. The van der Waals surface area contributed by atoms with Gasteiger partial charge in [-0.05, 0) is 48.1 Å². The lowest BCUT2D eigenvalue weighted by molar-refractivity contribution is -0.125. The minimum absolute atomic E-state index is 0. The second kappa shape index (κ2) is 8.35. The highest BCUT2D eigenvalue weighted by Gasteiger charge is 2.48. The van der Waals surface area contributed by atoms with Gasteiger partial charge in [0.2, 0.25) is 0 Å². The molecule has 0 radical (unpaired) electrons. The van der Waals surface area contributed by atoms with Gasteiger partial charge in [-0.25, -0.2) is 4.79 Å². The highest BCUT2D eigenvalue weighted by molar-refractivity contribution is 14.0. The molecule has 138 valence electrons. The van der Waals surface area contributed by atoms with Gasteiger partial charge in [0.15, 0.2) is 5.96 Å². The zero-order valence-electron chi connectivity index (χ0n) is 14.4. The maximum atomic E-state index is 12.1. The van der Waals surface area contributed by atoms with Crippen LogP contribution < -0.4 is 16.0 Å². The number of rotatable bonds is 3. The van der Waals surface area contributed by atoms with Crippen molar-refractivity contribution >= 4 is 53.2 Å². The Labute approximate surface area is 168 Å². The standard InChI is InChI=1S/C16H23N5O2S.HI/c1-16(13(22)19-15(23)20-16)12-3-6-21(7-4-12)14(17-2)18-9-11-5-8-24-10-11;/h5,8,10,12H,3-4,6-7,9H2,1-2H3,(H,17,18)(H2,19,20,22,23);1H. The number of nitrogens with zero attached hydrogens (tertiary/aromatic N) is 2. The highest BCUT2D eigenvalue weighted by atomic mass is 127. The van der Waals surface area contributed by atoms with Crippen molar-refractivity contribution in [1.29, 1.82) is 0 Å². The van der Waals surface area contributed by atoms with E-state index in [1.54, 1.807) is 18.4 Å². The summed E-state index contributed by atoms with van der Waals surface area (Å²) >= 11 is 1.68. The van der Waals surface area contributed by atoms with Gasteiger partial charge in [-0.15, -0.1) is 24.0 Å². The molecule has 3 N–H and O–H groups in total. The van der Waals surface area contributed by atoms with Crippen molar-refractivity contribution in [3.05, 3.63) is 22.4 Å². The summed E-state index contributed by atoms with van der Waals surface area (Å²) < 4.78 is 0. The van der Waals surface area contributed by atoms with E-state index in [4.69, 9.17) is 0 Å². The molecule has 1 unspecified atom stereocenters. The summed E-state index contributed by atoms with van der Waals surface area (Å²) in [5, 5.41) is 12.7. The Morgan fingerprint density at radius 3 is 2.68 bits per heavy atom. The fourth-order valence-electron chi connectivity index (χ4n) is 3.42. The largest absolute Gasteiger partial charge is 0.352 e. The van der Waals surface area contributed by atoms with Gasteiger partial charge >= 0.3 is 6.03 Å². The van der Waals surface area contributed by atoms with Gasteiger partial charge in [0.1, 0.15) is 5.54 Å². The molecule has 2 saturated heterocycles. The normalized spacial score (nSPS) is 24.6.